The van der Waals surface area contributed by atoms with E-state index in [1.54, 1.807) is 12.4 Å². The highest BCUT2D eigenvalue weighted by Gasteiger charge is 2.14. The molecule has 22 heavy (non-hydrogen) atoms. The van der Waals surface area contributed by atoms with Crippen molar-refractivity contribution in [2.24, 2.45) is 0 Å². The fourth-order valence-electron chi connectivity index (χ4n) is 3.01. The van der Waals surface area contributed by atoms with Crippen molar-refractivity contribution in [3.8, 4) is 0 Å². The molecule has 0 fully saturated rings. The molecule has 0 atom stereocenters. The molecule has 3 aromatic heterocycles. The Morgan fingerprint density at radius 1 is 0.864 bits per heavy atom. The van der Waals surface area contributed by atoms with Crippen molar-refractivity contribution >= 4 is 54.5 Å². The van der Waals surface area contributed by atoms with Crippen LogP contribution in [-0.2, 0) is 0 Å². The second-order valence-corrected chi connectivity index (χ2v) is 6.09. The highest BCUT2D eigenvalue weighted by molar-refractivity contribution is 9.10. The zero-order chi connectivity index (χ0) is 14.7. The van der Waals surface area contributed by atoms with E-state index in [9.17, 15) is 0 Å². The van der Waals surface area contributed by atoms with E-state index in [2.05, 4.69) is 48.5 Å². The minimum atomic E-state index is 0.834. The van der Waals surface area contributed by atoms with Crippen LogP contribution in [-0.4, -0.2) is 19.4 Å². The summed E-state index contributed by atoms with van der Waals surface area (Å²) in [6.07, 6.45) is 3.45. The minimum absolute atomic E-state index is 0.834. The molecule has 5 heteroatoms. The lowest BCUT2D eigenvalue weighted by molar-refractivity contribution is 1.19. The highest BCUT2D eigenvalue weighted by atomic mass is 79.9. The van der Waals surface area contributed by atoms with Crippen molar-refractivity contribution in [3.63, 3.8) is 0 Å². The van der Waals surface area contributed by atoms with E-state index in [4.69, 9.17) is 4.98 Å². The molecule has 4 nitrogen and oxygen atoms in total. The van der Waals surface area contributed by atoms with Crippen LogP contribution in [0.2, 0.25) is 0 Å². The van der Waals surface area contributed by atoms with Crippen LogP contribution in [0, 0.1) is 0 Å². The average molecular weight is 349 g/mol. The van der Waals surface area contributed by atoms with Crippen molar-refractivity contribution < 1.29 is 0 Å². The largest absolute Gasteiger partial charge is 0.274 e. The summed E-state index contributed by atoms with van der Waals surface area (Å²) in [5.41, 5.74) is 4.64. The summed E-state index contributed by atoms with van der Waals surface area (Å²) in [6.45, 7) is 0. The van der Waals surface area contributed by atoms with Gasteiger partial charge in [0.2, 0.25) is 0 Å². The molecule has 0 aliphatic rings. The third-order valence-corrected chi connectivity index (χ3v) is 4.42. The maximum atomic E-state index is 4.81. The zero-order valence-electron chi connectivity index (χ0n) is 11.4. The van der Waals surface area contributed by atoms with Gasteiger partial charge in [-0.3, -0.25) is 9.38 Å². The lowest BCUT2D eigenvalue weighted by Gasteiger charge is -2.07. The van der Waals surface area contributed by atoms with Gasteiger partial charge in [0, 0.05) is 27.6 Å². The topological polar surface area (TPSA) is 43.1 Å². The second kappa shape index (κ2) is 4.24. The molecule has 0 spiro atoms. The molecule has 0 saturated carbocycles. The predicted octanol–water partition coefficient (Wildman–Crippen LogP) is 4.35. The molecular weight excluding hydrogens is 340 g/mol. The summed E-state index contributed by atoms with van der Waals surface area (Å²) in [4.78, 5) is 13.9. The predicted molar refractivity (Wildman–Crippen MR) is 91.0 cm³/mol. The molecular formula is C17H9BrN4. The Morgan fingerprint density at radius 2 is 1.73 bits per heavy atom. The number of rotatable bonds is 0. The first-order valence-electron chi connectivity index (χ1n) is 6.92. The second-order valence-electron chi connectivity index (χ2n) is 5.18. The zero-order valence-corrected chi connectivity index (χ0v) is 12.9. The number of nitrogens with zero attached hydrogens (tertiary/aromatic N) is 4. The smallest absolute Gasteiger partial charge is 0.165 e. The van der Waals surface area contributed by atoms with Crippen LogP contribution in [0.1, 0.15) is 0 Å². The minimum Gasteiger partial charge on any atom is -0.274 e. The van der Waals surface area contributed by atoms with Gasteiger partial charge in [-0.05, 0) is 24.3 Å². The van der Waals surface area contributed by atoms with Crippen LogP contribution >= 0.6 is 15.9 Å². The highest BCUT2D eigenvalue weighted by Crippen LogP contribution is 2.31. The van der Waals surface area contributed by atoms with Crippen LogP contribution in [0.5, 0.6) is 0 Å². The van der Waals surface area contributed by atoms with E-state index in [1.165, 1.54) is 0 Å². The number of hydrogen-bond donors (Lipinski definition) is 0. The summed E-state index contributed by atoms with van der Waals surface area (Å²) in [7, 11) is 0. The monoisotopic (exact) mass is 348 g/mol. The van der Waals surface area contributed by atoms with Gasteiger partial charge < -0.3 is 0 Å². The molecule has 104 valence electrons. The Morgan fingerprint density at radius 3 is 2.68 bits per heavy atom. The number of pyridine rings is 1. The summed E-state index contributed by atoms with van der Waals surface area (Å²) in [5, 5.41) is 2.13. The third kappa shape index (κ3) is 1.49. The lowest BCUT2D eigenvalue weighted by Crippen LogP contribution is -1.95. The summed E-state index contributed by atoms with van der Waals surface area (Å²) >= 11 is 3.55. The maximum Gasteiger partial charge on any atom is 0.165 e. The number of imidazole rings is 1. The Balaban J connectivity index is 2.23. The molecule has 0 aliphatic heterocycles. The summed E-state index contributed by atoms with van der Waals surface area (Å²) in [5.74, 6) is 0. The molecule has 3 heterocycles. The van der Waals surface area contributed by atoms with Gasteiger partial charge in [0.05, 0.1) is 11.0 Å². The van der Waals surface area contributed by atoms with Crippen LogP contribution in [0.25, 0.3) is 38.6 Å². The van der Waals surface area contributed by atoms with E-state index in [1.807, 2.05) is 24.3 Å². The average Bonchev–Trinajstić information content (AvgIpc) is 2.95. The standard InChI is InChI=1S/C17H9BrN4/c18-10-5-6-11-12(9-10)16-21-13-3-1-2-4-14(13)22(16)17-15(11)19-7-8-20-17/h1-9H. The van der Waals surface area contributed by atoms with Crippen LogP contribution in [0.4, 0.5) is 0 Å². The number of fused-ring (bicyclic) bond motifs is 8. The maximum absolute atomic E-state index is 4.81. The summed E-state index contributed by atoms with van der Waals surface area (Å²) < 4.78 is 3.11. The van der Waals surface area contributed by atoms with Crippen molar-refractivity contribution in [1.82, 2.24) is 19.4 Å². The molecule has 5 rings (SSSR count). The SMILES string of the molecule is Brc1ccc2c(c1)c1nc3ccccc3n1c1nccnc21. The number of benzene rings is 2. The van der Waals surface area contributed by atoms with Crippen molar-refractivity contribution in [2.45, 2.75) is 0 Å². The molecule has 0 unspecified atom stereocenters. The van der Waals surface area contributed by atoms with Gasteiger partial charge in [-0.1, -0.05) is 34.1 Å². The lowest BCUT2D eigenvalue weighted by atomic mass is 10.1. The van der Waals surface area contributed by atoms with Crippen molar-refractivity contribution in [1.29, 1.82) is 0 Å². The molecule has 5 aromatic rings. The van der Waals surface area contributed by atoms with Crippen LogP contribution in [0.3, 0.4) is 0 Å². The Labute approximate surface area is 133 Å². The number of aromatic nitrogens is 4. The van der Waals surface area contributed by atoms with E-state index in [-0.39, 0.29) is 0 Å². The fraction of sp³-hybridized carbons (Fsp3) is 0. The molecule has 0 N–H and O–H groups in total. The van der Waals surface area contributed by atoms with E-state index < -0.39 is 0 Å². The summed E-state index contributed by atoms with van der Waals surface area (Å²) in [6, 6.07) is 14.3. The molecule has 2 aromatic carbocycles. The molecule has 0 bridgehead atoms. The van der Waals surface area contributed by atoms with Crippen LogP contribution in [0.15, 0.2) is 59.3 Å². The van der Waals surface area contributed by atoms with Gasteiger partial charge in [0.1, 0.15) is 11.2 Å². The van der Waals surface area contributed by atoms with Gasteiger partial charge in [-0.15, -0.1) is 0 Å². The molecule has 0 aliphatic carbocycles. The first-order chi connectivity index (χ1) is 10.8. The fourth-order valence-corrected chi connectivity index (χ4v) is 3.37. The first kappa shape index (κ1) is 12.1. The van der Waals surface area contributed by atoms with E-state index in [0.29, 0.717) is 0 Å². The third-order valence-electron chi connectivity index (χ3n) is 3.93. The Bertz CT molecular complexity index is 1190. The molecule has 0 radical (unpaired) electrons. The van der Waals surface area contributed by atoms with Gasteiger partial charge in [0.25, 0.3) is 0 Å². The Hall–Kier alpha value is -2.53. The molecule has 0 amide bonds. The Kier molecular flexibility index (Phi) is 2.32. The van der Waals surface area contributed by atoms with Crippen molar-refractivity contribution in [2.75, 3.05) is 0 Å². The van der Waals surface area contributed by atoms with E-state index >= 15 is 0 Å². The number of halogens is 1. The number of hydrogen-bond acceptors (Lipinski definition) is 3. The molecule has 0 saturated heterocycles. The van der Waals surface area contributed by atoms with Crippen LogP contribution < -0.4 is 0 Å². The van der Waals surface area contributed by atoms with E-state index in [0.717, 1.165) is 43.1 Å². The first-order valence-corrected chi connectivity index (χ1v) is 7.71. The number of para-hydroxylation sites is 2. The van der Waals surface area contributed by atoms with Gasteiger partial charge >= 0.3 is 0 Å². The van der Waals surface area contributed by atoms with Gasteiger partial charge in [0.15, 0.2) is 5.65 Å². The normalized spacial score (nSPS) is 11.9. The quantitative estimate of drug-likeness (QED) is 0.391. The van der Waals surface area contributed by atoms with Gasteiger partial charge in [-0.25, -0.2) is 9.97 Å². The van der Waals surface area contributed by atoms with Gasteiger partial charge in [-0.2, -0.15) is 0 Å². The van der Waals surface area contributed by atoms with Crippen molar-refractivity contribution in [3.05, 3.63) is 59.3 Å².